The average molecular weight is 553 g/mol. The number of carbonyl (C=O) groups is 3. The standard InChI is InChI=1S/C27H36N8O5/c28-23-22-24(35-27(29)34-23)31-16-19(32-22)15-30-18-13-11-17(12-14-18)25(38)33-20(26(39)40)9-7-5-3-1-2-4-6-8-10-21(36)37/h11-14,16,20,30H,1-10,15H2,(H,33,38)(H,36,37)(H,39,40)(H4,28,29,31,34,35). The fraction of sp³-hybridized carbons (Fsp3) is 0.444. The summed E-state index contributed by atoms with van der Waals surface area (Å²) in [6, 6.07) is 5.72. The number of benzene rings is 1. The van der Waals surface area contributed by atoms with Gasteiger partial charge < -0.3 is 32.3 Å². The van der Waals surface area contributed by atoms with Crippen molar-refractivity contribution in [2.24, 2.45) is 0 Å². The number of hydrogen-bond donors (Lipinski definition) is 6. The molecule has 13 nitrogen and oxygen atoms in total. The van der Waals surface area contributed by atoms with Gasteiger partial charge in [0.25, 0.3) is 5.91 Å². The number of nitrogens with zero attached hydrogens (tertiary/aromatic N) is 4. The van der Waals surface area contributed by atoms with Crippen LogP contribution in [0, 0.1) is 0 Å². The molecule has 0 aliphatic heterocycles. The molecule has 1 unspecified atom stereocenters. The third-order valence-corrected chi connectivity index (χ3v) is 6.36. The smallest absolute Gasteiger partial charge is 0.326 e. The SMILES string of the molecule is Nc1nc(N)c2nc(CNc3ccc(C(=O)NC(CCCCCCCCCCC(=O)O)C(=O)O)cc3)cnc2n1. The molecule has 3 rings (SSSR count). The predicted molar refractivity (Wildman–Crippen MR) is 150 cm³/mol. The van der Waals surface area contributed by atoms with Crippen molar-refractivity contribution in [3.8, 4) is 0 Å². The van der Waals surface area contributed by atoms with Gasteiger partial charge in [-0.25, -0.2) is 14.8 Å². The van der Waals surface area contributed by atoms with E-state index in [0.717, 1.165) is 44.2 Å². The average Bonchev–Trinajstić information content (AvgIpc) is 2.92. The van der Waals surface area contributed by atoms with E-state index in [1.165, 1.54) is 0 Å². The number of hydrogen-bond acceptors (Lipinski definition) is 10. The summed E-state index contributed by atoms with van der Waals surface area (Å²) < 4.78 is 0. The maximum absolute atomic E-state index is 12.7. The van der Waals surface area contributed by atoms with Crippen molar-refractivity contribution >= 4 is 46.5 Å². The van der Waals surface area contributed by atoms with Gasteiger partial charge >= 0.3 is 11.9 Å². The van der Waals surface area contributed by atoms with E-state index >= 15 is 0 Å². The number of nitrogens with one attached hydrogen (secondary N) is 2. The summed E-state index contributed by atoms with van der Waals surface area (Å²) >= 11 is 0. The van der Waals surface area contributed by atoms with Gasteiger partial charge in [0.1, 0.15) is 6.04 Å². The zero-order chi connectivity index (χ0) is 28.9. The van der Waals surface area contributed by atoms with E-state index in [0.29, 0.717) is 48.2 Å². The van der Waals surface area contributed by atoms with Gasteiger partial charge in [-0.3, -0.25) is 9.59 Å². The van der Waals surface area contributed by atoms with Gasteiger partial charge in [-0.15, -0.1) is 0 Å². The Labute approximate surface area is 231 Å². The fourth-order valence-corrected chi connectivity index (χ4v) is 4.18. The molecular weight excluding hydrogens is 516 g/mol. The van der Waals surface area contributed by atoms with Gasteiger partial charge in [0.15, 0.2) is 17.0 Å². The molecule has 0 bridgehead atoms. The maximum Gasteiger partial charge on any atom is 0.326 e. The molecule has 0 aliphatic carbocycles. The highest BCUT2D eigenvalue weighted by molar-refractivity contribution is 5.96. The summed E-state index contributed by atoms with van der Waals surface area (Å²) in [6.07, 6.45) is 9.38. The lowest BCUT2D eigenvalue weighted by Gasteiger charge is -2.15. The minimum absolute atomic E-state index is 0.0266. The Morgan fingerprint density at radius 3 is 2.15 bits per heavy atom. The number of fused-ring (bicyclic) bond motifs is 1. The quantitative estimate of drug-likeness (QED) is 0.133. The van der Waals surface area contributed by atoms with Crippen molar-refractivity contribution in [1.29, 1.82) is 0 Å². The number of aliphatic carboxylic acids is 2. The Bertz CT molecular complexity index is 1300. The summed E-state index contributed by atoms with van der Waals surface area (Å²) in [5, 5.41) is 24.0. The van der Waals surface area contributed by atoms with Crippen molar-refractivity contribution in [3.63, 3.8) is 0 Å². The Kier molecular flexibility index (Phi) is 11.4. The number of aromatic nitrogens is 4. The van der Waals surface area contributed by atoms with Crippen LogP contribution in [0.5, 0.6) is 0 Å². The fourth-order valence-electron chi connectivity index (χ4n) is 4.18. The van der Waals surface area contributed by atoms with Crippen LogP contribution in [-0.4, -0.2) is 54.0 Å². The second kappa shape index (κ2) is 15.1. The monoisotopic (exact) mass is 552 g/mol. The number of amides is 1. The van der Waals surface area contributed by atoms with E-state index in [4.69, 9.17) is 16.6 Å². The number of carboxylic acid groups (broad SMARTS) is 2. The highest BCUT2D eigenvalue weighted by Crippen LogP contribution is 2.17. The Morgan fingerprint density at radius 2 is 1.50 bits per heavy atom. The molecule has 1 atom stereocenters. The van der Waals surface area contributed by atoms with E-state index in [2.05, 4.69) is 30.6 Å². The molecule has 3 aromatic rings. The number of unbranched alkanes of at least 4 members (excludes halogenated alkanes) is 7. The highest BCUT2D eigenvalue weighted by atomic mass is 16.4. The molecule has 0 aliphatic rings. The van der Waals surface area contributed by atoms with Crippen LogP contribution in [0.3, 0.4) is 0 Å². The molecule has 40 heavy (non-hydrogen) atoms. The van der Waals surface area contributed by atoms with E-state index in [9.17, 15) is 19.5 Å². The predicted octanol–water partition coefficient (Wildman–Crippen LogP) is 3.36. The molecule has 1 amide bonds. The second-order valence-corrected chi connectivity index (χ2v) is 9.56. The normalized spacial score (nSPS) is 11.7. The molecule has 8 N–H and O–H groups in total. The largest absolute Gasteiger partial charge is 0.481 e. The van der Waals surface area contributed by atoms with Crippen LogP contribution in [0.2, 0.25) is 0 Å². The molecule has 214 valence electrons. The van der Waals surface area contributed by atoms with Crippen LogP contribution >= 0.6 is 0 Å². The first-order valence-corrected chi connectivity index (χ1v) is 13.4. The first kappa shape index (κ1) is 30.0. The zero-order valence-corrected chi connectivity index (χ0v) is 22.3. The number of carboxylic acids is 2. The lowest BCUT2D eigenvalue weighted by Crippen LogP contribution is -2.40. The third-order valence-electron chi connectivity index (χ3n) is 6.36. The summed E-state index contributed by atoms with van der Waals surface area (Å²) in [5.74, 6) is -2.09. The summed E-state index contributed by atoms with van der Waals surface area (Å²) in [6.45, 7) is 0.337. The van der Waals surface area contributed by atoms with Gasteiger partial charge in [0.2, 0.25) is 5.95 Å². The minimum Gasteiger partial charge on any atom is -0.481 e. The van der Waals surface area contributed by atoms with Crippen LogP contribution in [0.15, 0.2) is 30.5 Å². The Hall–Kier alpha value is -4.55. The van der Waals surface area contributed by atoms with Crippen LogP contribution < -0.4 is 22.1 Å². The highest BCUT2D eigenvalue weighted by Gasteiger charge is 2.20. The Morgan fingerprint density at radius 1 is 0.850 bits per heavy atom. The van der Waals surface area contributed by atoms with Crippen molar-refractivity contribution < 1.29 is 24.6 Å². The van der Waals surface area contributed by atoms with Crippen molar-refractivity contribution in [2.75, 3.05) is 16.8 Å². The molecule has 1 aromatic carbocycles. The summed E-state index contributed by atoms with van der Waals surface area (Å²) in [7, 11) is 0. The summed E-state index contributed by atoms with van der Waals surface area (Å²) in [5.41, 5.74) is 13.8. The molecular formula is C27H36N8O5. The number of nitrogens with two attached hydrogens (primary N) is 2. The van der Waals surface area contributed by atoms with Crippen LogP contribution in [0.25, 0.3) is 11.2 Å². The zero-order valence-electron chi connectivity index (χ0n) is 22.3. The van der Waals surface area contributed by atoms with E-state index < -0.39 is 23.9 Å². The van der Waals surface area contributed by atoms with Gasteiger partial charge in [-0.05, 0) is 37.1 Å². The van der Waals surface area contributed by atoms with Gasteiger partial charge in [0, 0.05) is 17.7 Å². The van der Waals surface area contributed by atoms with Crippen LogP contribution in [-0.2, 0) is 16.1 Å². The minimum atomic E-state index is -1.06. The van der Waals surface area contributed by atoms with Crippen LogP contribution in [0.1, 0.15) is 80.3 Å². The first-order valence-electron chi connectivity index (χ1n) is 13.4. The van der Waals surface area contributed by atoms with Crippen molar-refractivity contribution in [3.05, 3.63) is 41.7 Å². The topological polar surface area (TPSA) is 219 Å². The molecule has 0 radical (unpaired) electrons. The van der Waals surface area contributed by atoms with Gasteiger partial charge in [-0.2, -0.15) is 9.97 Å². The molecule has 0 spiro atoms. The van der Waals surface area contributed by atoms with Gasteiger partial charge in [0.05, 0.1) is 18.4 Å². The van der Waals surface area contributed by atoms with Crippen molar-refractivity contribution in [2.45, 2.75) is 76.8 Å². The lowest BCUT2D eigenvalue weighted by molar-refractivity contribution is -0.139. The van der Waals surface area contributed by atoms with E-state index in [-0.39, 0.29) is 18.2 Å². The molecule has 0 fully saturated rings. The molecule has 13 heteroatoms. The molecule has 2 heterocycles. The molecule has 2 aromatic heterocycles. The van der Waals surface area contributed by atoms with Crippen LogP contribution in [0.4, 0.5) is 17.5 Å². The number of rotatable bonds is 17. The number of anilines is 3. The molecule has 0 saturated heterocycles. The summed E-state index contributed by atoms with van der Waals surface area (Å²) in [4.78, 5) is 51.4. The lowest BCUT2D eigenvalue weighted by atomic mass is 10.0. The van der Waals surface area contributed by atoms with Crippen molar-refractivity contribution in [1.82, 2.24) is 25.3 Å². The molecule has 0 saturated carbocycles. The van der Waals surface area contributed by atoms with Gasteiger partial charge in [-0.1, -0.05) is 44.9 Å². The number of carbonyl (C=O) groups excluding carboxylic acids is 1. The van der Waals surface area contributed by atoms with E-state index in [1.54, 1.807) is 30.5 Å². The first-order chi connectivity index (χ1) is 19.2. The Balaban J connectivity index is 1.40. The number of nitrogen functional groups attached to an aromatic ring is 2. The van der Waals surface area contributed by atoms with E-state index in [1.807, 2.05) is 0 Å². The third kappa shape index (κ3) is 9.64. The maximum atomic E-state index is 12.7. The second-order valence-electron chi connectivity index (χ2n) is 9.56.